The second kappa shape index (κ2) is 9.34. The molecule has 0 saturated heterocycles. The van der Waals surface area contributed by atoms with Crippen molar-refractivity contribution in [2.24, 2.45) is 4.99 Å². The molecular formula is C16H20FIN4. The van der Waals surface area contributed by atoms with Crippen LogP contribution in [0.15, 0.2) is 47.5 Å². The van der Waals surface area contributed by atoms with Crippen molar-refractivity contribution in [2.75, 3.05) is 7.05 Å². The van der Waals surface area contributed by atoms with E-state index >= 15 is 0 Å². The number of halogens is 2. The molecule has 2 aromatic rings. The van der Waals surface area contributed by atoms with Gasteiger partial charge >= 0.3 is 0 Å². The van der Waals surface area contributed by atoms with E-state index in [0.717, 1.165) is 11.4 Å². The van der Waals surface area contributed by atoms with Gasteiger partial charge in [-0.2, -0.15) is 0 Å². The Morgan fingerprint density at radius 1 is 1.09 bits per heavy atom. The van der Waals surface area contributed by atoms with E-state index in [1.807, 2.05) is 31.2 Å². The van der Waals surface area contributed by atoms with Gasteiger partial charge in [0.15, 0.2) is 5.96 Å². The van der Waals surface area contributed by atoms with Crippen molar-refractivity contribution in [3.63, 3.8) is 0 Å². The highest BCUT2D eigenvalue weighted by atomic mass is 127. The quantitative estimate of drug-likeness (QED) is 0.460. The van der Waals surface area contributed by atoms with Gasteiger partial charge in [-0.3, -0.25) is 9.98 Å². The van der Waals surface area contributed by atoms with Crippen molar-refractivity contribution in [3.8, 4) is 0 Å². The molecule has 2 N–H and O–H groups in total. The lowest BCUT2D eigenvalue weighted by atomic mass is 10.2. The summed E-state index contributed by atoms with van der Waals surface area (Å²) in [5, 5.41) is 6.24. The van der Waals surface area contributed by atoms with Crippen LogP contribution in [0.1, 0.15) is 17.0 Å². The Hall–Kier alpha value is -1.70. The number of aromatic nitrogens is 1. The largest absolute Gasteiger partial charge is 0.352 e. The van der Waals surface area contributed by atoms with Crippen molar-refractivity contribution in [1.82, 2.24) is 15.6 Å². The van der Waals surface area contributed by atoms with Crippen LogP contribution >= 0.6 is 24.0 Å². The van der Waals surface area contributed by atoms with E-state index in [0.29, 0.717) is 24.6 Å². The van der Waals surface area contributed by atoms with Crippen molar-refractivity contribution < 1.29 is 4.39 Å². The molecule has 2 rings (SSSR count). The minimum absolute atomic E-state index is 0. The van der Waals surface area contributed by atoms with Crippen LogP contribution < -0.4 is 10.6 Å². The molecule has 0 aliphatic heterocycles. The Balaban J connectivity index is 0.00000242. The summed E-state index contributed by atoms with van der Waals surface area (Å²) in [6, 6.07) is 12.6. The van der Waals surface area contributed by atoms with Crippen molar-refractivity contribution >= 4 is 29.9 Å². The molecule has 0 bridgehead atoms. The maximum Gasteiger partial charge on any atom is 0.191 e. The van der Waals surface area contributed by atoms with Gasteiger partial charge < -0.3 is 10.6 Å². The maximum atomic E-state index is 13.5. The fraction of sp³-hybridized carbons (Fsp3) is 0.250. The molecule has 22 heavy (non-hydrogen) atoms. The predicted molar refractivity (Wildman–Crippen MR) is 97.8 cm³/mol. The van der Waals surface area contributed by atoms with E-state index in [4.69, 9.17) is 0 Å². The van der Waals surface area contributed by atoms with Gasteiger partial charge in [0.25, 0.3) is 0 Å². The molecule has 0 spiro atoms. The van der Waals surface area contributed by atoms with Gasteiger partial charge in [-0.05, 0) is 25.1 Å². The summed E-state index contributed by atoms with van der Waals surface area (Å²) in [4.78, 5) is 8.52. The minimum Gasteiger partial charge on any atom is -0.352 e. The molecule has 1 heterocycles. The number of hydrogen-bond acceptors (Lipinski definition) is 2. The van der Waals surface area contributed by atoms with Crippen molar-refractivity contribution in [2.45, 2.75) is 20.0 Å². The number of nitrogens with one attached hydrogen (secondary N) is 2. The zero-order valence-electron chi connectivity index (χ0n) is 12.6. The Labute approximate surface area is 147 Å². The number of rotatable bonds is 4. The monoisotopic (exact) mass is 414 g/mol. The van der Waals surface area contributed by atoms with E-state index < -0.39 is 0 Å². The van der Waals surface area contributed by atoms with E-state index in [-0.39, 0.29) is 29.8 Å². The average Bonchev–Trinajstić information content (AvgIpc) is 2.49. The van der Waals surface area contributed by atoms with Gasteiger partial charge in [-0.15, -0.1) is 24.0 Å². The first-order valence-corrected chi connectivity index (χ1v) is 6.79. The van der Waals surface area contributed by atoms with E-state index in [1.165, 1.54) is 6.07 Å². The van der Waals surface area contributed by atoms with Crippen LogP contribution in [-0.4, -0.2) is 18.0 Å². The molecule has 0 aliphatic rings. The Kier molecular flexibility index (Phi) is 7.79. The highest BCUT2D eigenvalue weighted by Crippen LogP contribution is 2.05. The van der Waals surface area contributed by atoms with Crippen LogP contribution in [0, 0.1) is 12.7 Å². The third-order valence-corrected chi connectivity index (χ3v) is 3.01. The number of guanidine groups is 1. The van der Waals surface area contributed by atoms with Crippen molar-refractivity contribution in [1.29, 1.82) is 0 Å². The number of aliphatic imine (C=N–C) groups is 1. The van der Waals surface area contributed by atoms with Gasteiger partial charge in [-0.1, -0.05) is 24.3 Å². The molecule has 0 fully saturated rings. The van der Waals surface area contributed by atoms with Crippen LogP contribution in [0.2, 0.25) is 0 Å². The van der Waals surface area contributed by atoms with Gasteiger partial charge in [0.2, 0.25) is 0 Å². The zero-order chi connectivity index (χ0) is 15.1. The van der Waals surface area contributed by atoms with E-state index in [9.17, 15) is 4.39 Å². The summed E-state index contributed by atoms with van der Waals surface area (Å²) in [5.74, 6) is 0.391. The third kappa shape index (κ3) is 5.59. The first-order chi connectivity index (χ1) is 10.2. The van der Waals surface area contributed by atoms with Gasteiger partial charge in [0.05, 0.1) is 12.2 Å². The summed E-state index contributed by atoms with van der Waals surface area (Å²) < 4.78 is 13.5. The van der Waals surface area contributed by atoms with Gasteiger partial charge in [0.1, 0.15) is 5.82 Å². The summed E-state index contributed by atoms with van der Waals surface area (Å²) in [6.07, 6.45) is 0. The summed E-state index contributed by atoms with van der Waals surface area (Å²) in [7, 11) is 1.68. The SMILES string of the molecule is CN=C(NCc1cccc(C)n1)NCc1ccccc1F.I. The molecule has 1 aromatic heterocycles. The fourth-order valence-electron chi connectivity index (χ4n) is 1.91. The smallest absolute Gasteiger partial charge is 0.191 e. The topological polar surface area (TPSA) is 49.3 Å². The molecular weight excluding hydrogens is 394 g/mol. The molecule has 1 aromatic carbocycles. The van der Waals surface area contributed by atoms with Crippen LogP contribution in [0.4, 0.5) is 4.39 Å². The standard InChI is InChI=1S/C16H19FN4.HI/c1-12-6-5-8-14(21-12)11-20-16(18-2)19-10-13-7-3-4-9-15(13)17;/h3-9H,10-11H2,1-2H3,(H2,18,19,20);1H. The molecule has 6 heteroatoms. The lowest BCUT2D eigenvalue weighted by molar-refractivity contribution is 0.604. The average molecular weight is 414 g/mol. The number of aryl methyl sites for hydroxylation is 1. The molecule has 0 saturated carbocycles. The van der Waals surface area contributed by atoms with E-state index in [1.54, 1.807) is 19.2 Å². The molecule has 118 valence electrons. The Morgan fingerprint density at radius 3 is 2.50 bits per heavy atom. The number of nitrogens with zero attached hydrogens (tertiary/aromatic N) is 2. The number of benzene rings is 1. The lowest BCUT2D eigenvalue weighted by Crippen LogP contribution is -2.36. The second-order valence-electron chi connectivity index (χ2n) is 4.64. The summed E-state index contributed by atoms with van der Waals surface area (Å²) >= 11 is 0. The molecule has 0 atom stereocenters. The van der Waals surface area contributed by atoms with E-state index in [2.05, 4.69) is 20.6 Å². The molecule has 0 amide bonds. The van der Waals surface area contributed by atoms with Gasteiger partial charge in [0, 0.05) is 24.8 Å². The van der Waals surface area contributed by atoms with Crippen molar-refractivity contribution in [3.05, 3.63) is 65.2 Å². The highest BCUT2D eigenvalue weighted by molar-refractivity contribution is 14.0. The van der Waals surface area contributed by atoms with Crippen LogP contribution in [-0.2, 0) is 13.1 Å². The molecule has 0 aliphatic carbocycles. The minimum atomic E-state index is -0.221. The first kappa shape index (κ1) is 18.3. The summed E-state index contributed by atoms with van der Waals surface area (Å²) in [6.45, 7) is 2.90. The highest BCUT2D eigenvalue weighted by Gasteiger charge is 2.03. The summed E-state index contributed by atoms with van der Waals surface area (Å²) in [5.41, 5.74) is 2.52. The first-order valence-electron chi connectivity index (χ1n) is 6.79. The molecule has 0 radical (unpaired) electrons. The maximum absolute atomic E-state index is 13.5. The molecule has 4 nitrogen and oxygen atoms in total. The van der Waals surface area contributed by atoms with Crippen LogP contribution in [0.3, 0.4) is 0 Å². The number of pyridine rings is 1. The normalized spacial score (nSPS) is 10.8. The van der Waals surface area contributed by atoms with Gasteiger partial charge in [-0.25, -0.2) is 4.39 Å². The van der Waals surface area contributed by atoms with Crippen LogP contribution in [0.25, 0.3) is 0 Å². The predicted octanol–water partition coefficient (Wildman–Crippen LogP) is 3.01. The fourth-order valence-corrected chi connectivity index (χ4v) is 1.91. The van der Waals surface area contributed by atoms with Crippen LogP contribution in [0.5, 0.6) is 0 Å². The second-order valence-corrected chi connectivity index (χ2v) is 4.64. The Morgan fingerprint density at radius 2 is 1.82 bits per heavy atom. The third-order valence-electron chi connectivity index (χ3n) is 3.01. The zero-order valence-corrected chi connectivity index (χ0v) is 15.0. The molecule has 0 unspecified atom stereocenters. The number of hydrogen-bond donors (Lipinski definition) is 2. The lowest BCUT2D eigenvalue weighted by Gasteiger charge is -2.12. The Bertz CT molecular complexity index is 631.